The maximum absolute atomic E-state index is 13.1. The van der Waals surface area contributed by atoms with Crippen LogP contribution < -0.4 is 5.32 Å². The second-order valence-corrected chi connectivity index (χ2v) is 8.17. The van der Waals surface area contributed by atoms with Gasteiger partial charge in [0.15, 0.2) is 0 Å². The van der Waals surface area contributed by atoms with Crippen molar-refractivity contribution in [2.45, 2.75) is 44.6 Å². The minimum Gasteiger partial charge on any atom is -0.335 e. The Hall–Kier alpha value is -2.33. The van der Waals surface area contributed by atoms with Crippen molar-refractivity contribution in [3.63, 3.8) is 0 Å². The highest BCUT2D eigenvalue weighted by Crippen LogP contribution is 2.36. The van der Waals surface area contributed by atoms with Crippen molar-refractivity contribution < 1.29 is 9.59 Å². The fraction of sp³-hybridized carbons (Fsp3) is 0.391. The summed E-state index contributed by atoms with van der Waals surface area (Å²) in [6, 6.07) is 14.5. The van der Waals surface area contributed by atoms with Gasteiger partial charge >= 0.3 is 0 Å². The average molecular weight is 397 g/mol. The normalized spacial score (nSPS) is 21.7. The van der Waals surface area contributed by atoms with Gasteiger partial charge in [0, 0.05) is 23.8 Å². The number of anilines is 1. The lowest BCUT2D eigenvalue weighted by Crippen LogP contribution is -2.49. The highest BCUT2D eigenvalue weighted by molar-refractivity contribution is 6.34. The van der Waals surface area contributed by atoms with E-state index in [-0.39, 0.29) is 11.8 Å². The Bertz CT molecular complexity index is 863. The molecule has 5 heteroatoms. The van der Waals surface area contributed by atoms with E-state index < -0.39 is 0 Å². The Morgan fingerprint density at radius 3 is 2.43 bits per heavy atom. The Balaban J connectivity index is 1.45. The number of amides is 2. The van der Waals surface area contributed by atoms with E-state index >= 15 is 0 Å². The molecule has 2 amide bonds. The summed E-state index contributed by atoms with van der Waals surface area (Å²) < 4.78 is 0. The summed E-state index contributed by atoms with van der Waals surface area (Å²) in [4.78, 5) is 27.6. The van der Waals surface area contributed by atoms with Crippen LogP contribution in [0, 0.1) is 5.92 Å². The summed E-state index contributed by atoms with van der Waals surface area (Å²) >= 11 is 6.08. The number of hydrogen-bond acceptors (Lipinski definition) is 2. The van der Waals surface area contributed by atoms with Gasteiger partial charge in [0.25, 0.3) is 11.8 Å². The van der Waals surface area contributed by atoms with Crippen LogP contribution in [-0.4, -0.2) is 29.3 Å². The number of hydrogen-bond donors (Lipinski definition) is 1. The number of likely N-dealkylation sites (tertiary alicyclic amines) is 1. The molecular formula is C23H25ClN2O2. The fourth-order valence-electron chi connectivity index (χ4n) is 4.58. The molecule has 4 nitrogen and oxygen atoms in total. The molecule has 0 spiro atoms. The Morgan fingerprint density at radius 1 is 0.929 bits per heavy atom. The summed E-state index contributed by atoms with van der Waals surface area (Å²) in [5.41, 5.74) is 1.76. The topological polar surface area (TPSA) is 49.4 Å². The Kier molecular flexibility index (Phi) is 5.67. The number of carbonyl (C=O) groups excluding carboxylic acids is 2. The van der Waals surface area contributed by atoms with E-state index in [9.17, 15) is 9.59 Å². The van der Waals surface area contributed by atoms with Gasteiger partial charge < -0.3 is 10.2 Å². The second kappa shape index (κ2) is 8.36. The van der Waals surface area contributed by atoms with Gasteiger partial charge in [-0.05, 0) is 68.0 Å². The molecule has 28 heavy (non-hydrogen) atoms. The molecule has 0 bridgehead atoms. The van der Waals surface area contributed by atoms with Crippen LogP contribution in [0.5, 0.6) is 0 Å². The molecule has 4 rings (SSSR count). The van der Waals surface area contributed by atoms with E-state index in [1.807, 2.05) is 0 Å². The smallest absolute Gasteiger partial charge is 0.257 e. The van der Waals surface area contributed by atoms with Crippen LogP contribution >= 0.6 is 11.6 Å². The van der Waals surface area contributed by atoms with E-state index in [0.717, 1.165) is 19.4 Å². The maximum Gasteiger partial charge on any atom is 0.257 e. The lowest BCUT2D eigenvalue weighted by molar-refractivity contribution is 0.0390. The van der Waals surface area contributed by atoms with Crippen molar-refractivity contribution in [3.8, 4) is 0 Å². The molecule has 1 heterocycles. The molecule has 0 unspecified atom stereocenters. The predicted molar refractivity (Wildman–Crippen MR) is 112 cm³/mol. The molecule has 146 valence electrons. The highest BCUT2D eigenvalue weighted by Gasteiger charge is 2.35. The van der Waals surface area contributed by atoms with Crippen LogP contribution in [-0.2, 0) is 0 Å². The van der Waals surface area contributed by atoms with E-state index in [4.69, 9.17) is 11.6 Å². The molecule has 1 saturated heterocycles. The van der Waals surface area contributed by atoms with Crippen molar-refractivity contribution in [3.05, 3.63) is 64.7 Å². The molecule has 2 aromatic carbocycles. The van der Waals surface area contributed by atoms with Gasteiger partial charge in [-0.3, -0.25) is 9.59 Å². The summed E-state index contributed by atoms with van der Waals surface area (Å²) in [5, 5.41) is 3.26. The number of rotatable bonds is 3. The molecule has 1 saturated carbocycles. The van der Waals surface area contributed by atoms with Crippen LogP contribution in [0.25, 0.3) is 0 Å². The molecule has 2 aromatic rings. The number of fused-ring (bicyclic) bond motifs is 1. The van der Waals surface area contributed by atoms with E-state index in [0.29, 0.717) is 33.8 Å². The Morgan fingerprint density at radius 2 is 1.64 bits per heavy atom. The van der Waals surface area contributed by atoms with E-state index in [2.05, 4.69) is 10.2 Å². The lowest BCUT2D eigenvalue weighted by Gasteiger charge is -2.44. The molecule has 2 fully saturated rings. The summed E-state index contributed by atoms with van der Waals surface area (Å²) in [5.74, 6) is 0.520. The van der Waals surface area contributed by atoms with Gasteiger partial charge in [0.1, 0.15) is 0 Å². The molecule has 1 N–H and O–H groups in total. The van der Waals surface area contributed by atoms with Gasteiger partial charge in [-0.1, -0.05) is 36.6 Å². The van der Waals surface area contributed by atoms with Crippen molar-refractivity contribution in [2.24, 2.45) is 5.92 Å². The second-order valence-electron chi connectivity index (χ2n) is 7.76. The SMILES string of the molecule is O=C(Nc1ccc(C(=O)N2CCC[C@@H]3CCCC[C@@H]32)cc1)c1ccccc1Cl. The standard InChI is InChI=1S/C23H25ClN2O2/c24-20-9-3-2-8-19(20)22(27)25-18-13-11-17(12-14-18)23(28)26-15-5-7-16-6-1-4-10-21(16)26/h2-3,8-9,11-14,16,21H,1,4-7,10,15H2,(H,25,27)/t16-,21-/m0/s1. The third-order valence-electron chi connectivity index (χ3n) is 6.01. The van der Waals surface area contributed by atoms with Gasteiger partial charge in [0.05, 0.1) is 10.6 Å². The predicted octanol–water partition coefficient (Wildman–Crippen LogP) is 5.39. The van der Waals surface area contributed by atoms with Crippen molar-refractivity contribution >= 4 is 29.1 Å². The minimum atomic E-state index is -0.259. The highest BCUT2D eigenvalue weighted by atomic mass is 35.5. The average Bonchev–Trinajstić information content (AvgIpc) is 2.73. The largest absolute Gasteiger partial charge is 0.335 e. The first-order chi connectivity index (χ1) is 13.6. The third-order valence-corrected chi connectivity index (χ3v) is 6.34. The number of nitrogens with one attached hydrogen (secondary N) is 1. The molecule has 0 radical (unpaired) electrons. The third kappa shape index (κ3) is 3.93. The van der Waals surface area contributed by atoms with Crippen LogP contribution in [0.4, 0.5) is 5.69 Å². The number of nitrogens with zero attached hydrogens (tertiary/aromatic N) is 1. The minimum absolute atomic E-state index is 0.112. The summed E-state index contributed by atoms with van der Waals surface area (Å²) in [7, 11) is 0. The van der Waals surface area contributed by atoms with Crippen molar-refractivity contribution in [1.29, 1.82) is 0 Å². The van der Waals surface area contributed by atoms with Gasteiger partial charge in [-0.25, -0.2) is 0 Å². The molecular weight excluding hydrogens is 372 g/mol. The van der Waals surface area contributed by atoms with Crippen molar-refractivity contribution in [1.82, 2.24) is 4.90 Å². The fourth-order valence-corrected chi connectivity index (χ4v) is 4.80. The molecule has 2 aliphatic rings. The number of benzene rings is 2. The molecule has 1 aliphatic carbocycles. The molecule has 2 atom stereocenters. The first kappa shape index (κ1) is 19.0. The van der Waals surface area contributed by atoms with Crippen LogP contribution in [0.1, 0.15) is 59.2 Å². The van der Waals surface area contributed by atoms with Crippen LogP contribution in [0.15, 0.2) is 48.5 Å². The zero-order chi connectivity index (χ0) is 19.5. The van der Waals surface area contributed by atoms with E-state index in [1.165, 1.54) is 25.7 Å². The molecule has 0 aromatic heterocycles. The van der Waals surface area contributed by atoms with E-state index in [1.54, 1.807) is 48.5 Å². The summed E-state index contributed by atoms with van der Waals surface area (Å²) in [6.07, 6.45) is 7.24. The van der Waals surface area contributed by atoms with Crippen molar-refractivity contribution in [2.75, 3.05) is 11.9 Å². The van der Waals surface area contributed by atoms with Gasteiger partial charge in [0.2, 0.25) is 0 Å². The monoisotopic (exact) mass is 396 g/mol. The number of carbonyl (C=O) groups is 2. The molecule has 1 aliphatic heterocycles. The number of piperidine rings is 1. The first-order valence-corrected chi connectivity index (χ1v) is 10.5. The lowest BCUT2D eigenvalue weighted by atomic mass is 9.78. The maximum atomic E-state index is 13.1. The van der Waals surface area contributed by atoms with Crippen LogP contribution in [0.2, 0.25) is 5.02 Å². The first-order valence-electron chi connectivity index (χ1n) is 10.1. The van der Waals surface area contributed by atoms with Crippen LogP contribution in [0.3, 0.4) is 0 Å². The zero-order valence-electron chi connectivity index (χ0n) is 15.9. The zero-order valence-corrected chi connectivity index (χ0v) is 16.6. The summed E-state index contributed by atoms with van der Waals surface area (Å²) in [6.45, 7) is 0.852. The quantitative estimate of drug-likeness (QED) is 0.756. The van der Waals surface area contributed by atoms with Gasteiger partial charge in [-0.15, -0.1) is 0 Å². The van der Waals surface area contributed by atoms with Gasteiger partial charge in [-0.2, -0.15) is 0 Å². The number of halogens is 1. The Labute approximate surface area is 170 Å².